The minimum Gasteiger partial charge on any atom is -0.481 e. The summed E-state index contributed by atoms with van der Waals surface area (Å²) in [6.07, 6.45) is 1.26. The average Bonchev–Trinajstić information content (AvgIpc) is 3.16. The molecule has 0 aliphatic rings. The molecule has 0 aliphatic heterocycles. The molecule has 0 saturated carbocycles. The Hall–Kier alpha value is -5.97. The highest BCUT2D eigenvalue weighted by atomic mass is 16.7. The fourth-order valence-electron chi connectivity index (χ4n) is 7.41. The zero-order valence-electron chi connectivity index (χ0n) is 27.9. The van der Waals surface area contributed by atoms with Crippen molar-refractivity contribution in [3.05, 3.63) is 151 Å². The van der Waals surface area contributed by atoms with Crippen LogP contribution in [-0.4, -0.2) is 25.0 Å². The number of ether oxygens (including phenoxy) is 2. The second-order valence-corrected chi connectivity index (χ2v) is 12.8. The monoisotopic (exact) mass is 652 g/mol. The van der Waals surface area contributed by atoms with Gasteiger partial charge in [-0.25, -0.2) is 0 Å². The highest BCUT2D eigenvalue weighted by molar-refractivity contribution is 6.11. The Kier molecular flexibility index (Phi) is 8.45. The molecule has 244 valence electrons. The number of hydrogen-bond acceptors (Lipinski definition) is 3. The molecule has 4 heteroatoms. The topological polar surface area (TPSA) is 55.8 Å². The minimum atomic E-state index is -0.790. The van der Waals surface area contributed by atoms with E-state index in [-0.39, 0.29) is 13.2 Å². The van der Waals surface area contributed by atoms with Crippen LogP contribution in [0.5, 0.6) is 5.75 Å². The van der Waals surface area contributed by atoms with E-state index in [4.69, 9.17) is 9.47 Å². The molecule has 0 atom stereocenters. The summed E-state index contributed by atoms with van der Waals surface area (Å²) in [5.41, 5.74) is 7.80. The SMILES string of the molecule is COCOc1ccc2cc(-c3cccc4ccccc34)ccc2c1-c1c(CCCC(=O)O)ccc2cc(-c3cccc4ccccc34)ccc12. The van der Waals surface area contributed by atoms with Crippen molar-refractivity contribution < 1.29 is 19.4 Å². The van der Waals surface area contributed by atoms with Crippen LogP contribution in [0.4, 0.5) is 0 Å². The molecule has 0 heterocycles. The molecule has 0 saturated heterocycles. The van der Waals surface area contributed by atoms with E-state index in [0.717, 1.165) is 55.1 Å². The molecule has 0 fully saturated rings. The van der Waals surface area contributed by atoms with Crippen LogP contribution in [0.15, 0.2) is 146 Å². The number of aryl methyl sites for hydroxylation is 1. The van der Waals surface area contributed by atoms with Gasteiger partial charge in [0.25, 0.3) is 0 Å². The Bertz CT molecular complexity index is 2540. The van der Waals surface area contributed by atoms with Gasteiger partial charge < -0.3 is 14.6 Å². The third-order valence-electron chi connectivity index (χ3n) is 9.71. The summed E-state index contributed by atoms with van der Waals surface area (Å²) in [5, 5.41) is 18.7. The molecule has 0 aromatic heterocycles. The molecule has 50 heavy (non-hydrogen) atoms. The average molecular weight is 653 g/mol. The van der Waals surface area contributed by atoms with Crippen molar-refractivity contribution in [3.63, 3.8) is 0 Å². The van der Waals surface area contributed by atoms with Crippen LogP contribution < -0.4 is 4.74 Å². The second kappa shape index (κ2) is 13.5. The first kappa shape index (κ1) is 31.3. The maximum atomic E-state index is 11.6. The van der Waals surface area contributed by atoms with Crippen molar-refractivity contribution in [3.8, 4) is 39.1 Å². The lowest BCUT2D eigenvalue weighted by Gasteiger charge is -2.20. The number of rotatable bonds is 10. The second-order valence-electron chi connectivity index (χ2n) is 12.8. The summed E-state index contributed by atoms with van der Waals surface area (Å²) in [5.74, 6) is -0.0651. The summed E-state index contributed by atoms with van der Waals surface area (Å²) in [4.78, 5) is 11.6. The van der Waals surface area contributed by atoms with Crippen LogP contribution in [0, 0.1) is 0 Å². The highest BCUT2D eigenvalue weighted by Crippen LogP contribution is 2.45. The third kappa shape index (κ3) is 5.84. The van der Waals surface area contributed by atoms with Crippen LogP contribution in [0.25, 0.3) is 76.5 Å². The van der Waals surface area contributed by atoms with Gasteiger partial charge in [-0.1, -0.05) is 127 Å². The first-order valence-corrected chi connectivity index (χ1v) is 17.0. The number of carboxylic acid groups (broad SMARTS) is 1. The zero-order chi connectivity index (χ0) is 34.0. The third-order valence-corrected chi connectivity index (χ3v) is 9.71. The summed E-state index contributed by atoms with van der Waals surface area (Å²) >= 11 is 0. The van der Waals surface area contributed by atoms with Gasteiger partial charge in [0.15, 0.2) is 6.79 Å². The quantitative estimate of drug-likeness (QED) is 0.149. The van der Waals surface area contributed by atoms with E-state index in [0.29, 0.717) is 12.8 Å². The van der Waals surface area contributed by atoms with Gasteiger partial charge in [0, 0.05) is 19.1 Å². The normalized spacial score (nSPS) is 11.5. The van der Waals surface area contributed by atoms with Crippen LogP contribution in [0.3, 0.4) is 0 Å². The number of fused-ring (bicyclic) bond motifs is 4. The Morgan fingerprint density at radius 2 is 1.12 bits per heavy atom. The van der Waals surface area contributed by atoms with Gasteiger partial charge in [-0.05, 0) is 108 Å². The van der Waals surface area contributed by atoms with Crippen molar-refractivity contribution >= 4 is 49.1 Å². The van der Waals surface area contributed by atoms with Gasteiger partial charge in [-0.15, -0.1) is 0 Å². The Morgan fingerprint density at radius 1 is 0.560 bits per heavy atom. The van der Waals surface area contributed by atoms with E-state index in [1.165, 1.54) is 32.7 Å². The van der Waals surface area contributed by atoms with Crippen LogP contribution in [-0.2, 0) is 16.0 Å². The number of carboxylic acids is 1. The zero-order valence-corrected chi connectivity index (χ0v) is 27.9. The maximum absolute atomic E-state index is 11.6. The number of benzene rings is 8. The minimum absolute atomic E-state index is 0.106. The smallest absolute Gasteiger partial charge is 0.303 e. The predicted molar refractivity (Wildman–Crippen MR) is 206 cm³/mol. The lowest BCUT2D eigenvalue weighted by molar-refractivity contribution is -0.137. The molecule has 0 aliphatic carbocycles. The van der Waals surface area contributed by atoms with E-state index in [9.17, 15) is 9.90 Å². The Labute approximate surface area is 291 Å². The molecule has 0 bridgehead atoms. The summed E-state index contributed by atoms with van der Waals surface area (Å²) in [7, 11) is 1.63. The molecule has 0 radical (unpaired) electrons. The predicted octanol–water partition coefficient (Wildman–Crippen LogP) is 11.7. The Morgan fingerprint density at radius 3 is 1.72 bits per heavy atom. The van der Waals surface area contributed by atoms with Gasteiger partial charge in [0.05, 0.1) is 0 Å². The van der Waals surface area contributed by atoms with Crippen molar-refractivity contribution in [2.45, 2.75) is 19.3 Å². The molecule has 1 N–H and O–H groups in total. The van der Waals surface area contributed by atoms with Crippen LogP contribution >= 0.6 is 0 Å². The van der Waals surface area contributed by atoms with Crippen molar-refractivity contribution in [1.82, 2.24) is 0 Å². The van der Waals surface area contributed by atoms with Gasteiger partial charge in [0.2, 0.25) is 0 Å². The summed E-state index contributed by atoms with van der Waals surface area (Å²) in [6, 6.07) is 51.7. The van der Waals surface area contributed by atoms with E-state index < -0.39 is 5.97 Å². The number of carbonyl (C=O) groups is 1. The lowest BCUT2D eigenvalue weighted by Crippen LogP contribution is -2.03. The van der Waals surface area contributed by atoms with Gasteiger partial charge in [-0.2, -0.15) is 0 Å². The van der Waals surface area contributed by atoms with E-state index >= 15 is 0 Å². The number of aliphatic carboxylic acids is 1. The van der Waals surface area contributed by atoms with Crippen LogP contribution in [0.1, 0.15) is 18.4 Å². The van der Waals surface area contributed by atoms with Crippen molar-refractivity contribution in [2.75, 3.05) is 13.9 Å². The summed E-state index contributed by atoms with van der Waals surface area (Å²) < 4.78 is 11.7. The van der Waals surface area contributed by atoms with Crippen molar-refractivity contribution in [1.29, 1.82) is 0 Å². The largest absolute Gasteiger partial charge is 0.481 e. The van der Waals surface area contributed by atoms with Crippen molar-refractivity contribution in [2.24, 2.45) is 0 Å². The van der Waals surface area contributed by atoms with E-state index in [2.05, 4.69) is 140 Å². The molecule has 8 aromatic carbocycles. The maximum Gasteiger partial charge on any atom is 0.303 e. The highest BCUT2D eigenvalue weighted by Gasteiger charge is 2.20. The Balaban J connectivity index is 1.35. The van der Waals surface area contributed by atoms with Gasteiger partial charge in [0.1, 0.15) is 5.75 Å². The molecular weight excluding hydrogens is 617 g/mol. The first-order valence-electron chi connectivity index (χ1n) is 17.0. The van der Waals surface area contributed by atoms with E-state index in [1.54, 1.807) is 7.11 Å². The van der Waals surface area contributed by atoms with Crippen LogP contribution in [0.2, 0.25) is 0 Å². The fourth-order valence-corrected chi connectivity index (χ4v) is 7.41. The first-order chi connectivity index (χ1) is 24.6. The molecule has 4 nitrogen and oxygen atoms in total. The molecule has 0 amide bonds. The van der Waals surface area contributed by atoms with Gasteiger partial charge >= 0.3 is 5.97 Å². The molecule has 0 spiro atoms. The summed E-state index contributed by atoms with van der Waals surface area (Å²) in [6.45, 7) is 0.108. The molecule has 8 rings (SSSR count). The van der Waals surface area contributed by atoms with E-state index in [1.807, 2.05) is 6.07 Å². The molecular formula is C46H36O4. The molecule has 8 aromatic rings. The number of methoxy groups -OCH3 is 1. The number of hydrogen-bond donors (Lipinski definition) is 1. The standard InChI is InChI=1S/C46H36O4/c1-49-29-50-43-26-23-36-28-34(40-17-7-12-31-10-3-5-15-38(31)40)22-25-42(36)46(43)45-32(13-8-18-44(47)48)19-20-35-27-33(21-24-41(35)45)39-16-6-11-30-9-2-4-14-37(30)39/h2-7,9-12,14-17,19-28H,8,13,18,29H2,1H3,(H,47,48). The van der Waals surface area contributed by atoms with Gasteiger partial charge in [-0.3, -0.25) is 4.79 Å². The lowest BCUT2D eigenvalue weighted by atomic mass is 9.86. The fraction of sp³-hybridized carbons (Fsp3) is 0.109. The molecule has 0 unspecified atom stereocenters.